The van der Waals surface area contributed by atoms with Crippen molar-refractivity contribution in [2.75, 3.05) is 19.8 Å². The fourth-order valence-corrected chi connectivity index (χ4v) is 1.86. The Labute approximate surface area is 157 Å². The summed E-state index contributed by atoms with van der Waals surface area (Å²) in [6, 6.07) is 5.72. The molecule has 0 aromatic heterocycles. The maximum Gasteiger partial charge on any atom is 0.325 e. The number of urea groups is 1. The summed E-state index contributed by atoms with van der Waals surface area (Å²) in [6.07, 6.45) is 0. The van der Waals surface area contributed by atoms with Gasteiger partial charge in [0.05, 0.1) is 6.61 Å². The molecule has 0 heterocycles. The molecule has 0 bridgehead atoms. The SMILES string of the molecule is CCOc1ccc(C(=O)NCC(=O)OCC(=O)NC(=O)NC(C)(C)C)cc1. The van der Waals surface area contributed by atoms with Crippen LogP contribution in [0.1, 0.15) is 38.1 Å². The van der Waals surface area contributed by atoms with Gasteiger partial charge in [-0.15, -0.1) is 0 Å². The summed E-state index contributed by atoms with van der Waals surface area (Å²) in [4.78, 5) is 46.6. The number of nitrogens with one attached hydrogen (secondary N) is 3. The van der Waals surface area contributed by atoms with Crippen molar-refractivity contribution in [3.63, 3.8) is 0 Å². The third-order valence-corrected chi connectivity index (χ3v) is 2.93. The standard InChI is InChI=1S/C18H25N3O6/c1-5-26-13-8-6-12(7-9-13)16(24)19-10-15(23)27-11-14(22)20-17(25)21-18(2,3)4/h6-9H,5,10-11H2,1-4H3,(H,19,24)(H2,20,21,22,25). The molecule has 1 aromatic carbocycles. The zero-order valence-corrected chi connectivity index (χ0v) is 15.9. The van der Waals surface area contributed by atoms with Gasteiger partial charge in [0.1, 0.15) is 12.3 Å². The molecule has 148 valence electrons. The molecule has 0 aliphatic heterocycles. The maximum atomic E-state index is 11.9. The number of ether oxygens (including phenoxy) is 2. The van der Waals surface area contributed by atoms with E-state index in [0.717, 1.165) is 0 Å². The predicted octanol–water partition coefficient (Wildman–Crippen LogP) is 0.983. The Morgan fingerprint density at radius 1 is 1.04 bits per heavy atom. The molecule has 1 aromatic rings. The second-order valence-electron chi connectivity index (χ2n) is 6.55. The lowest BCUT2D eigenvalue weighted by Gasteiger charge is -2.20. The fraction of sp³-hybridized carbons (Fsp3) is 0.444. The highest BCUT2D eigenvalue weighted by Crippen LogP contribution is 2.11. The molecule has 1 rings (SSSR count). The number of hydrogen-bond donors (Lipinski definition) is 3. The molecule has 0 aliphatic carbocycles. The highest BCUT2D eigenvalue weighted by molar-refractivity contribution is 5.97. The Morgan fingerprint density at radius 2 is 1.67 bits per heavy atom. The molecule has 0 unspecified atom stereocenters. The highest BCUT2D eigenvalue weighted by Gasteiger charge is 2.17. The molecule has 0 aliphatic rings. The second-order valence-corrected chi connectivity index (χ2v) is 6.55. The van der Waals surface area contributed by atoms with Crippen LogP contribution >= 0.6 is 0 Å². The van der Waals surface area contributed by atoms with Gasteiger partial charge in [-0.25, -0.2) is 4.79 Å². The van der Waals surface area contributed by atoms with Crippen LogP contribution in [0.15, 0.2) is 24.3 Å². The fourth-order valence-electron chi connectivity index (χ4n) is 1.86. The second kappa shape index (κ2) is 10.1. The molecule has 0 saturated heterocycles. The Kier molecular flexibility index (Phi) is 8.25. The van der Waals surface area contributed by atoms with Crippen LogP contribution in [-0.2, 0) is 14.3 Å². The van der Waals surface area contributed by atoms with Gasteiger partial charge >= 0.3 is 12.0 Å². The number of benzene rings is 1. The van der Waals surface area contributed by atoms with Gasteiger partial charge in [-0.1, -0.05) is 0 Å². The maximum absolute atomic E-state index is 11.9. The minimum absolute atomic E-state index is 0.350. The molecule has 9 nitrogen and oxygen atoms in total. The largest absolute Gasteiger partial charge is 0.494 e. The van der Waals surface area contributed by atoms with Crippen molar-refractivity contribution in [3.05, 3.63) is 29.8 Å². The van der Waals surface area contributed by atoms with E-state index in [4.69, 9.17) is 9.47 Å². The minimum Gasteiger partial charge on any atom is -0.494 e. The van der Waals surface area contributed by atoms with Gasteiger partial charge in [-0.05, 0) is 52.0 Å². The van der Waals surface area contributed by atoms with Gasteiger partial charge in [0.25, 0.3) is 11.8 Å². The molecule has 0 saturated carbocycles. The van der Waals surface area contributed by atoms with Crippen molar-refractivity contribution in [3.8, 4) is 5.75 Å². The number of imide groups is 1. The van der Waals surface area contributed by atoms with Crippen LogP contribution in [0.2, 0.25) is 0 Å². The third-order valence-electron chi connectivity index (χ3n) is 2.93. The molecule has 0 atom stereocenters. The van der Waals surface area contributed by atoms with Crippen LogP contribution in [0, 0.1) is 0 Å². The lowest BCUT2D eigenvalue weighted by atomic mass is 10.1. The zero-order chi connectivity index (χ0) is 20.4. The summed E-state index contributed by atoms with van der Waals surface area (Å²) in [7, 11) is 0. The van der Waals surface area contributed by atoms with Crippen molar-refractivity contribution < 1.29 is 28.7 Å². The van der Waals surface area contributed by atoms with E-state index < -0.39 is 42.5 Å². The molecule has 0 radical (unpaired) electrons. The van der Waals surface area contributed by atoms with E-state index in [1.807, 2.05) is 12.2 Å². The number of esters is 1. The van der Waals surface area contributed by atoms with E-state index in [0.29, 0.717) is 17.9 Å². The van der Waals surface area contributed by atoms with Gasteiger partial charge in [0.2, 0.25) is 0 Å². The van der Waals surface area contributed by atoms with Crippen molar-refractivity contribution in [1.29, 1.82) is 0 Å². The average molecular weight is 379 g/mol. The molecule has 0 spiro atoms. The third kappa shape index (κ3) is 9.24. The summed E-state index contributed by atoms with van der Waals surface area (Å²) in [5.41, 5.74) is -0.158. The van der Waals surface area contributed by atoms with Crippen LogP contribution in [-0.4, -0.2) is 49.1 Å². The van der Waals surface area contributed by atoms with Gasteiger partial charge < -0.3 is 20.1 Å². The summed E-state index contributed by atoms with van der Waals surface area (Å²) in [5.74, 6) is -1.41. The smallest absolute Gasteiger partial charge is 0.325 e. The van der Waals surface area contributed by atoms with Gasteiger partial charge in [0, 0.05) is 11.1 Å². The Balaban J connectivity index is 2.33. The lowest BCUT2D eigenvalue weighted by molar-refractivity contribution is -0.147. The summed E-state index contributed by atoms with van der Waals surface area (Å²) >= 11 is 0. The molecular weight excluding hydrogens is 354 g/mol. The van der Waals surface area contributed by atoms with E-state index in [1.54, 1.807) is 45.0 Å². The quantitative estimate of drug-likeness (QED) is 0.607. The van der Waals surface area contributed by atoms with Gasteiger partial charge in [-0.2, -0.15) is 0 Å². The molecule has 27 heavy (non-hydrogen) atoms. The summed E-state index contributed by atoms with van der Waals surface area (Å²) < 4.78 is 9.98. The first-order valence-corrected chi connectivity index (χ1v) is 8.39. The first-order chi connectivity index (χ1) is 12.6. The molecular formula is C18H25N3O6. The van der Waals surface area contributed by atoms with E-state index in [-0.39, 0.29) is 0 Å². The normalized spacial score (nSPS) is 10.5. The van der Waals surface area contributed by atoms with E-state index in [2.05, 4.69) is 10.6 Å². The van der Waals surface area contributed by atoms with Crippen LogP contribution in [0.25, 0.3) is 0 Å². The van der Waals surface area contributed by atoms with Crippen LogP contribution in [0.5, 0.6) is 5.75 Å². The van der Waals surface area contributed by atoms with E-state index in [1.165, 1.54) is 0 Å². The molecule has 4 amide bonds. The van der Waals surface area contributed by atoms with Gasteiger partial charge in [-0.3, -0.25) is 19.7 Å². The number of hydrogen-bond acceptors (Lipinski definition) is 6. The first kappa shape index (κ1) is 21.9. The Hall–Kier alpha value is -3.10. The van der Waals surface area contributed by atoms with Crippen LogP contribution in [0.3, 0.4) is 0 Å². The number of carbonyl (C=O) groups is 4. The van der Waals surface area contributed by atoms with E-state index in [9.17, 15) is 19.2 Å². The van der Waals surface area contributed by atoms with Crippen molar-refractivity contribution in [2.24, 2.45) is 0 Å². The van der Waals surface area contributed by atoms with Gasteiger partial charge in [0.15, 0.2) is 6.61 Å². The number of amides is 4. The number of rotatable bonds is 7. The average Bonchev–Trinajstić information content (AvgIpc) is 2.57. The van der Waals surface area contributed by atoms with E-state index >= 15 is 0 Å². The lowest BCUT2D eigenvalue weighted by Crippen LogP contribution is -2.49. The monoisotopic (exact) mass is 379 g/mol. The van der Waals surface area contributed by atoms with Crippen molar-refractivity contribution in [1.82, 2.24) is 16.0 Å². The van der Waals surface area contributed by atoms with Crippen molar-refractivity contribution >= 4 is 23.8 Å². The molecule has 3 N–H and O–H groups in total. The highest BCUT2D eigenvalue weighted by atomic mass is 16.5. The van der Waals surface area contributed by atoms with Crippen LogP contribution < -0.4 is 20.7 Å². The Morgan fingerprint density at radius 3 is 2.22 bits per heavy atom. The first-order valence-electron chi connectivity index (χ1n) is 8.39. The molecule has 0 fully saturated rings. The predicted molar refractivity (Wildman–Crippen MR) is 97.3 cm³/mol. The zero-order valence-electron chi connectivity index (χ0n) is 15.9. The Bertz CT molecular complexity index is 679. The molecule has 9 heteroatoms. The number of carbonyl (C=O) groups excluding carboxylic acids is 4. The summed E-state index contributed by atoms with van der Waals surface area (Å²) in [6.45, 7) is 6.59. The summed E-state index contributed by atoms with van der Waals surface area (Å²) in [5, 5.41) is 6.94. The topological polar surface area (TPSA) is 123 Å². The van der Waals surface area contributed by atoms with Crippen LogP contribution in [0.4, 0.5) is 4.79 Å². The minimum atomic E-state index is -0.805. The van der Waals surface area contributed by atoms with Crippen molar-refractivity contribution in [2.45, 2.75) is 33.2 Å².